The van der Waals surface area contributed by atoms with Gasteiger partial charge in [0.2, 0.25) is 0 Å². The lowest BCUT2D eigenvalue weighted by Crippen LogP contribution is -1.98. The van der Waals surface area contributed by atoms with Crippen LogP contribution >= 0.6 is 11.6 Å². The lowest BCUT2D eigenvalue weighted by molar-refractivity contribution is 0.215. The maximum atomic E-state index is 5.81. The van der Waals surface area contributed by atoms with Crippen molar-refractivity contribution < 1.29 is 9.57 Å². The maximum Gasteiger partial charge on any atom is 0.297 e. The monoisotopic (exact) mass is 203 g/mol. The smallest absolute Gasteiger partial charge is 0.297 e. The third kappa shape index (κ3) is 1.92. The zero-order valence-corrected chi connectivity index (χ0v) is 8.37. The van der Waals surface area contributed by atoms with E-state index in [9.17, 15) is 0 Å². The van der Waals surface area contributed by atoms with Crippen LogP contribution < -0.4 is 4.74 Å². The number of hydrogen-bond acceptors (Lipinski definition) is 4. The van der Waals surface area contributed by atoms with Crippen LogP contribution in [-0.2, 0) is 11.9 Å². The minimum absolute atomic E-state index is 0.333. The normalized spacial score (nSPS) is 10.8. The van der Waals surface area contributed by atoms with E-state index in [0.29, 0.717) is 16.9 Å². The molecule has 0 aliphatic carbocycles. The van der Waals surface area contributed by atoms with Crippen LogP contribution in [0.4, 0.5) is 0 Å². The summed E-state index contributed by atoms with van der Waals surface area (Å²) in [7, 11) is 4.75. The molecule has 0 saturated heterocycles. The average molecular weight is 204 g/mol. The molecule has 1 aromatic rings. The number of rotatable bonds is 3. The molecule has 0 unspecified atom stereocenters. The second kappa shape index (κ2) is 4.13. The molecular formula is C7H10ClN3O2. The highest BCUT2D eigenvalue weighted by Crippen LogP contribution is 2.18. The van der Waals surface area contributed by atoms with Gasteiger partial charge in [-0.3, -0.25) is 4.57 Å². The van der Waals surface area contributed by atoms with Gasteiger partial charge in [-0.1, -0.05) is 16.8 Å². The summed E-state index contributed by atoms with van der Waals surface area (Å²) < 4.78 is 6.62. The SMILES string of the molecule is CO/N=C/c1c(Cl)nc(OC)n1C. The molecule has 0 spiro atoms. The fourth-order valence-corrected chi connectivity index (χ4v) is 1.13. The van der Waals surface area contributed by atoms with Crippen LogP contribution in [0.15, 0.2) is 5.16 Å². The van der Waals surface area contributed by atoms with Crippen LogP contribution in [0.2, 0.25) is 5.15 Å². The van der Waals surface area contributed by atoms with E-state index >= 15 is 0 Å². The summed E-state index contributed by atoms with van der Waals surface area (Å²) in [6, 6.07) is 0.433. The Hall–Kier alpha value is -1.23. The molecule has 0 aliphatic rings. The lowest BCUT2D eigenvalue weighted by atomic mass is 10.5. The first-order valence-corrected chi connectivity index (χ1v) is 3.91. The first-order chi connectivity index (χ1) is 6.20. The van der Waals surface area contributed by atoms with Gasteiger partial charge in [-0.15, -0.1) is 0 Å². The van der Waals surface area contributed by atoms with Gasteiger partial charge in [-0.05, 0) is 0 Å². The third-order valence-electron chi connectivity index (χ3n) is 1.52. The highest BCUT2D eigenvalue weighted by Gasteiger charge is 2.11. The average Bonchev–Trinajstić information content (AvgIpc) is 2.39. The third-order valence-corrected chi connectivity index (χ3v) is 1.79. The van der Waals surface area contributed by atoms with Gasteiger partial charge in [-0.2, -0.15) is 4.98 Å². The Morgan fingerprint density at radius 2 is 2.23 bits per heavy atom. The molecule has 1 aromatic heterocycles. The molecule has 0 bridgehead atoms. The Labute approximate surface area is 80.9 Å². The molecule has 72 valence electrons. The van der Waals surface area contributed by atoms with E-state index in [4.69, 9.17) is 16.3 Å². The predicted octanol–water partition coefficient (Wildman–Crippen LogP) is 1.06. The zero-order valence-electron chi connectivity index (χ0n) is 7.61. The molecule has 0 saturated carbocycles. The minimum atomic E-state index is 0.333. The minimum Gasteiger partial charge on any atom is -0.468 e. The van der Waals surface area contributed by atoms with Crippen molar-refractivity contribution in [3.63, 3.8) is 0 Å². The van der Waals surface area contributed by atoms with E-state index in [2.05, 4.69) is 15.0 Å². The summed E-state index contributed by atoms with van der Waals surface area (Å²) in [4.78, 5) is 8.47. The highest BCUT2D eigenvalue weighted by molar-refractivity contribution is 6.31. The molecule has 0 atom stereocenters. The van der Waals surface area contributed by atoms with Gasteiger partial charge in [0.25, 0.3) is 6.01 Å². The van der Waals surface area contributed by atoms with Gasteiger partial charge >= 0.3 is 0 Å². The molecule has 0 radical (unpaired) electrons. The van der Waals surface area contributed by atoms with Crippen molar-refractivity contribution in [1.29, 1.82) is 0 Å². The number of methoxy groups -OCH3 is 1. The van der Waals surface area contributed by atoms with Crippen molar-refractivity contribution in [3.05, 3.63) is 10.8 Å². The van der Waals surface area contributed by atoms with E-state index in [1.54, 1.807) is 11.6 Å². The van der Waals surface area contributed by atoms with Crippen molar-refractivity contribution in [2.24, 2.45) is 12.2 Å². The van der Waals surface area contributed by atoms with Crippen molar-refractivity contribution in [3.8, 4) is 6.01 Å². The van der Waals surface area contributed by atoms with E-state index in [-0.39, 0.29) is 0 Å². The Bertz CT molecular complexity index is 322. The summed E-state index contributed by atoms with van der Waals surface area (Å²) in [5.74, 6) is 0. The summed E-state index contributed by atoms with van der Waals surface area (Å²) in [6.45, 7) is 0. The number of imidazole rings is 1. The van der Waals surface area contributed by atoms with Gasteiger partial charge in [0, 0.05) is 7.05 Å². The second-order valence-electron chi connectivity index (χ2n) is 2.25. The Morgan fingerprint density at radius 1 is 1.54 bits per heavy atom. The fourth-order valence-electron chi connectivity index (χ4n) is 0.883. The molecule has 6 heteroatoms. The van der Waals surface area contributed by atoms with Crippen LogP contribution in [0.25, 0.3) is 0 Å². The van der Waals surface area contributed by atoms with Crippen molar-refractivity contribution in [2.75, 3.05) is 14.2 Å². The summed E-state index contributed by atoms with van der Waals surface area (Å²) >= 11 is 5.81. The quantitative estimate of drug-likeness (QED) is 0.545. The molecule has 0 aromatic carbocycles. The van der Waals surface area contributed by atoms with Crippen LogP contribution in [0, 0.1) is 0 Å². The second-order valence-corrected chi connectivity index (χ2v) is 2.61. The largest absolute Gasteiger partial charge is 0.468 e. The Morgan fingerprint density at radius 3 is 2.69 bits per heavy atom. The van der Waals surface area contributed by atoms with Crippen LogP contribution in [0.1, 0.15) is 5.69 Å². The van der Waals surface area contributed by atoms with Crippen molar-refractivity contribution >= 4 is 17.8 Å². The van der Waals surface area contributed by atoms with Crippen molar-refractivity contribution in [1.82, 2.24) is 9.55 Å². The van der Waals surface area contributed by atoms with E-state index in [1.807, 2.05) is 0 Å². The molecule has 0 aliphatic heterocycles. The predicted molar refractivity (Wildman–Crippen MR) is 49.4 cm³/mol. The molecule has 1 rings (SSSR count). The molecule has 0 amide bonds. The molecule has 1 heterocycles. The van der Waals surface area contributed by atoms with E-state index in [0.717, 1.165) is 0 Å². The molecule has 0 N–H and O–H groups in total. The molecule has 5 nitrogen and oxygen atoms in total. The summed E-state index contributed by atoms with van der Waals surface area (Å²) in [5, 5.41) is 3.92. The van der Waals surface area contributed by atoms with Gasteiger partial charge < -0.3 is 9.57 Å². The van der Waals surface area contributed by atoms with Crippen LogP contribution in [0.5, 0.6) is 6.01 Å². The number of hydrogen-bond donors (Lipinski definition) is 0. The highest BCUT2D eigenvalue weighted by atomic mass is 35.5. The van der Waals surface area contributed by atoms with E-state index < -0.39 is 0 Å². The molecule has 13 heavy (non-hydrogen) atoms. The first kappa shape index (κ1) is 9.85. The summed E-state index contributed by atoms with van der Waals surface area (Å²) in [5.41, 5.74) is 0.639. The Kier molecular flexibility index (Phi) is 3.13. The van der Waals surface area contributed by atoms with Crippen LogP contribution in [0.3, 0.4) is 0 Å². The van der Waals surface area contributed by atoms with Gasteiger partial charge in [-0.25, -0.2) is 0 Å². The maximum absolute atomic E-state index is 5.81. The Balaban J connectivity index is 3.05. The summed E-state index contributed by atoms with van der Waals surface area (Å²) in [6.07, 6.45) is 1.47. The lowest BCUT2D eigenvalue weighted by Gasteiger charge is -1.98. The topological polar surface area (TPSA) is 48.6 Å². The van der Waals surface area contributed by atoms with Gasteiger partial charge in [0.05, 0.1) is 13.3 Å². The number of ether oxygens (including phenoxy) is 1. The standard InChI is InChI=1S/C7H10ClN3O2/c1-11-5(4-9-13-3)6(8)10-7(11)12-2/h4H,1-3H3/b9-4+. The fraction of sp³-hybridized carbons (Fsp3) is 0.429. The molecule has 0 fully saturated rings. The van der Waals surface area contributed by atoms with Gasteiger partial charge in [0.1, 0.15) is 12.8 Å². The number of oxime groups is 1. The number of aromatic nitrogens is 2. The van der Waals surface area contributed by atoms with Gasteiger partial charge in [0.15, 0.2) is 5.15 Å². The molecular weight excluding hydrogens is 194 g/mol. The first-order valence-electron chi connectivity index (χ1n) is 3.53. The number of nitrogens with zero attached hydrogens (tertiary/aromatic N) is 3. The zero-order chi connectivity index (χ0) is 9.84. The number of halogens is 1. The van der Waals surface area contributed by atoms with Crippen LogP contribution in [-0.4, -0.2) is 30.0 Å². The van der Waals surface area contributed by atoms with E-state index in [1.165, 1.54) is 20.4 Å². The van der Waals surface area contributed by atoms with Crippen molar-refractivity contribution in [2.45, 2.75) is 0 Å².